The van der Waals surface area contributed by atoms with Gasteiger partial charge in [-0.3, -0.25) is 4.79 Å². The molecule has 1 aromatic carbocycles. The van der Waals surface area contributed by atoms with Gasteiger partial charge in [-0.25, -0.2) is 0 Å². The van der Waals surface area contributed by atoms with Gasteiger partial charge in [0.15, 0.2) is 0 Å². The summed E-state index contributed by atoms with van der Waals surface area (Å²) in [4.78, 5) is 13.0. The average molecular weight is 269 g/mol. The van der Waals surface area contributed by atoms with Crippen LogP contribution < -0.4 is 5.32 Å². The van der Waals surface area contributed by atoms with Gasteiger partial charge in [-0.2, -0.15) is 0 Å². The zero-order valence-corrected chi connectivity index (χ0v) is 11.2. The highest BCUT2D eigenvalue weighted by Crippen LogP contribution is 2.41. The third-order valence-electron chi connectivity index (χ3n) is 2.43. The molecule has 1 heterocycles. The number of hydrogen-bond donors (Lipinski definition) is 1. The van der Waals surface area contributed by atoms with Crippen molar-refractivity contribution in [2.45, 2.75) is 11.8 Å². The molecule has 3 nitrogen and oxygen atoms in total. The Balaban J connectivity index is 2.47. The van der Waals surface area contributed by atoms with Crippen LogP contribution >= 0.6 is 23.5 Å². The average Bonchev–Trinajstić information content (AvgIpc) is 2.29. The van der Waals surface area contributed by atoms with E-state index in [0.717, 1.165) is 10.5 Å². The molecule has 0 saturated heterocycles. The van der Waals surface area contributed by atoms with Crippen LogP contribution in [0.15, 0.2) is 34.9 Å². The maximum atomic E-state index is 11.9. The Morgan fingerprint density at radius 2 is 2.18 bits per heavy atom. The Hall–Kier alpha value is -1.13. The van der Waals surface area contributed by atoms with Crippen LogP contribution in [0.2, 0.25) is 0 Å². The van der Waals surface area contributed by atoms with Crippen molar-refractivity contribution in [2.75, 3.05) is 13.6 Å². The quantitative estimate of drug-likeness (QED) is 0.837. The van der Waals surface area contributed by atoms with Crippen LogP contribution in [0.5, 0.6) is 0 Å². The van der Waals surface area contributed by atoms with Crippen molar-refractivity contribution < 1.29 is 4.79 Å². The first-order chi connectivity index (χ1) is 8.15. The third-order valence-corrected chi connectivity index (χ3v) is 3.83. The van der Waals surface area contributed by atoms with E-state index in [1.54, 1.807) is 4.31 Å². The first-order valence-corrected chi connectivity index (χ1v) is 6.49. The number of carbonyl (C=O) groups excluding carboxylic acids is 1. The first kappa shape index (κ1) is 12.3. The molecule has 1 aliphatic rings. The number of likely N-dealkylation sites (N-methyl/N-ethyl adjacent to an activating group) is 2. The van der Waals surface area contributed by atoms with Crippen molar-refractivity contribution in [3.63, 3.8) is 0 Å². The number of amides is 1. The molecule has 0 bridgehead atoms. The molecule has 0 aromatic heterocycles. The molecular weight excluding hydrogens is 256 g/mol. The first-order valence-electron chi connectivity index (χ1n) is 5.34. The number of benzene rings is 1. The molecule has 0 radical (unpaired) electrons. The Morgan fingerprint density at radius 1 is 1.47 bits per heavy atom. The van der Waals surface area contributed by atoms with E-state index < -0.39 is 0 Å². The molecule has 1 N–H and O–H groups in total. The van der Waals surface area contributed by atoms with Gasteiger partial charge in [0.05, 0.1) is 5.03 Å². The summed E-state index contributed by atoms with van der Waals surface area (Å²) in [6, 6.07) is 7.80. The van der Waals surface area contributed by atoms with Gasteiger partial charge in [0.25, 0.3) is 5.91 Å². The SMILES string of the molecule is CCNC(=O)C1=C(Cl)c2ccccc2SN1C. The molecular formula is C12H13ClN2OS. The van der Waals surface area contributed by atoms with E-state index >= 15 is 0 Å². The Morgan fingerprint density at radius 3 is 2.88 bits per heavy atom. The van der Waals surface area contributed by atoms with Crippen molar-refractivity contribution in [1.82, 2.24) is 9.62 Å². The zero-order chi connectivity index (χ0) is 12.4. The van der Waals surface area contributed by atoms with Gasteiger partial charge < -0.3 is 9.62 Å². The van der Waals surface area contributed by atoms with E-state index in [9.17, 15) is 4.79 Å². The van der Waals surface area contributed by atoms with Gasteiger partial charge in [-0.05, 0) is 24.9 Å². The lowest BCUT2D eigenvalue weighted by Crippen LogP contribution is -2.32. The Kier molecular flexibility index (Phi) is 3.64. The molecule has 17 heavy (non-hydrogen) atoms. The molecule has 0 atom stereocenters. The number of nitrogens with one attached hydrogen (secondary N) is 1. The highest BCUT2D eigenvalue weighted by atomic mass is 35.5. The fourth-order valence-corrected chi connectivity index (χ4v) is 3.13. The van der Waals surface area contributed by atoms with E-state index in [0.29, 0.717) is 17.3 Å². The Labute approximate surface area is 110 Å². The lowest BCUT2D eigenvalue weighted by Gasteiger charge is -2.27. The standard InChI is InChI=1S/C12H13ClN2OS/c1-3-14-12(16)11-10(13)8-6-4-5-7-9(8)17-15(11)2/h4-7H,3H2,1-2H3,(H,14,16). The number of halogens is 1. The molecule has 0 unspecified atom stereocenters. The van der Waals surface area contributed by atoms with Crippen molar-refractivity contribution in [3.8, 4) is 0 Å². The lowest BCUT2D eigenvalue weighted by molar-refractivity contribution is -0.118. The molecule has 0 spiro atoms. The van der Waals surface area contributed by atoms with Gasteiger partial charge in [0, 0.05) is 24.1 Å². The molecule has 1 aromatic rings. The van der Waals surface area contributed by atoms with E-state index in [2.05, 4.69) is 5.32 Å². The van der Waals surface area contributed by atoms with Crippen LogP contribution in [0.25, 0.3) is 5.03 Å². The molecule has 5 heteroatoms. The smallest absolute Gasteiger partial charge is 0.269 e. The normalized spacial score (nSPS) is 14.6. The summed E-state index contributed by atoms with van der Waals surface area (Å²) < 4.78 is 1.80. The molecule has 1 aliphatic heterocycles. The highest BCUT2D eigenvalue weighted by Gasteiger charge is 2.26. The number of carbonyl (C=O) groups is 1. The van der Waals surface area contributed by atoms with Gasteiger partial charge in [-0.1, -0.05) is 29.8 Å². The topological polar surface area (TPSA) is 32.3 Å². The minimum absolute atomic E-state index is 0.137. The van der Waals surface area contributed by atoms with Crippen molar-refractivity contribution in [2.24, 2.45) is 0 Å². The number of hydrogen-bond acceptors (Lipinski definition) is 3. The molecule has 2 rings (SSSR count). The van der Waals surface area contributed by atoms with Gasteiger partial charge in [0.1, 0.15) is 5.70 Å². The summed E-state index contributed by atoms with van der Waals surface area (Å²) >= 11 is 7.81. The fraction of sp³-hybridized carbons (Fsp3) is 0.250. The van der Waals surface area contributed by atoms with Crippen LogP contribution in [0.3, 0.4) is 0 Å². The van der Waals surface area contributed by atoms with Crippen LogP contribution in [0.4, 0.5) is 0 Å². The predicted octanol–water partition coefficient (Wildman–Crippen LogP) is 2.68. The van der Waals surface area contributed by atoms with Crippen molar-refractivity contribution >= 4 is 34.5 Å². The monoisotopic (exact) mass is 268 g/mol. The van der Waals surface area contributed by atoms with E-state index in [4.69, 9.17) is 11.6 Å². The summed E-state index contributed by atoms with van der Waals surface area (Å²) in [5.41, 5.74) is 1.43. The highest BCUT2D eigenvalue weighted by molar-refractivity contribution is 7.97. The maximum Gasteiger partial charge on any atom is 0.269 e. The number of nitrogens with zero attached hydrogens (tertiary/aromatic N) is 1. The molecule has 0 saturated carbocycles. The van der Waals surface area contributed by atoms with Gasteiger partial charge in [0.2, 0.25) is 0 Å². The van der Waals surface area contributed by atoms with Crippen molar-refractivity contribution in [1.29, 1.82) is 0 Å². The summed E-state index contributed by atoms with van der Waals surface area (Å²) in [5.74, 6) is -0.137. The lowest BCUT2D eigenvalue weighted by atomic mass is 10.1. The zero-order valence-electron chi connectivity index (χ0n) is 9.66. The summed E-state index contributed by atoms with van der Waals surface area (Å²) in [5, 5.41) is 3.28. The van der Waals surface area contributed by atoms with Crippen LogP contribution in [0.1, 0.15) is 12.5 Å². The number of fused-ring (bicyclic) bond motifs is 1. The molecule has 1 amide bonds. The number of rotatable bonds is 2. The third kappa shape index (κ3) is 2.28. The molecule has 90 valence electrons. The minimum atomic E-state index is -0.137. The van der Waals surface area contributed by atoms with E-state index in [1.165, 1.54) is 11.9 Å². The van der Waals surface area contributed by atoms with Crippen molar-refractivity contribution in [3.05, 3.63) is 35.5 Å². The molecule has 0 aliphatic carbocycles. The second-order valence-electron chi connectivity index (χ2n) is 3.61. The van der Waals surface area contributed by atoms with Crippen LogP contribution in [0, 0.1) is 0 Å². The van der Waals surface area contributed by atoms with E-state index in [1.807, 2.05) is 38.2 Å². The fourth-order valence-electron chi connectivity index (χ4n) is 1.67. The molecule has 0 fully saturated rings. The predicted molar refractivity (Wildman–Crippen MR) is 71.5 cm³/mol. The second kappa shape index (κ2) is 5.02. The summed E-state index contributed by atoms with van der Waals surface area (Å²) in [6.45, 7) is 2.48. The second-order valence-corrected chi connectivity index (χ2v) is 5.16. The largest absolute Gasteiger partial charge is 0.351 e. The Bertz CT molecular complexity index is 487. The van der Waals surface area contributed by atoms with Gasteiger partial charge >= 0.3 is 0 Å². The minimum Gasteiger partial charge on any atom is -0.351 e. The maximum absolute atomic E-state index is 11.9. The van der Waals surface area contributed by atoms with Crippen LogP contribution in [-0.4, -0.2) is 23.8 Å². The van der Waals surface area contributed by atoms with Gasteiger partial charge in [-0.15, -0.1) is 0 Å². The van der Waals surface area contributed by atoms with Crippen LogP contribution in [-0.2, 0) is 4.79 Å². The summed E-state index contributed by atoms with van der Waals surface area (Å²) in [6.07, 6.45) is 0. The van der Waals surface area contributed by atoms with E-state index in [-0.39, 0.29) is 5.91 Å². The summed E-state index contributed by atoms with van der Waals surface area (Å²) in [7, 11) is 1.84.